The van der Waals surface area contributed by atoms with Crippen LogP contribution in [0.15, 0.2) is 17.0 Å². The Kier molecular flexibility index (Phi) is 5.58. The van der Waals surface area contributed by atoms with Gasteiger partial charge in [-0.05, 0) is 25.1 Å². The van der Waals surface area contributed by atoms with Crippen molar-refractivity contribution >= 4 is 50.5 Å². The number of nitrogens with one attached hydrogen (secondary N) is 1. The largest absolute Gasteiger partial charge is 0.366 e. The topological polar surface area (TPSA) is 98.5 Å². The molecule has 1 fully saturated rings. The highest BCUT2D eigenvalue weighted by atomic mass is 35.5. The van der Waals surface area contributed by atoms with Crippen molar-refractivity contribution in [3.63, 3.8) is 0 Å². The molecule has 0 saturated carbocycles. The van der Waals surface area contributed by atoms with Gasteiger partial charge in [0.15, 0.2) is 0 Å². The first-order valence-corrected chi connectivity index (χ1v) is 8.96. The van der Waals surface area contributed by atoms with Crippen LogP contribution in [0.3, 0.4) is 0 Å². The van der Waals surface area contributed by atoms with Crippen molar-refractivity contribution < 1.29 is 17.9 Å². The molecule has 1 amide bonds. The lowest BCUT2D eigenvalue weighted by Gasteiger charge is -2.20. The van der Waals surface area contributed by atoms with E-state index >= 15 is 0 Å². The van der Waals surface area contributed by atoms with Gasteiger partial charge in [-0.3, -0.25) is 4.79 Å². The zero-order valence-electron chi connectivity index (χ0n) is 11.2. The second kappa shape index (κ2) is 6.90. The quantitative estimate of drug-likeness (QED) is 0.748. The molecule has 0 radical (unpaired) electrons. The van der Waals surface area contributed by atoms with Gasteiger partial charge in [0.25, 0.3) is 5.91 Å². The SMILES string of the molecule is NC(=O)C(OC1CCNC1)S(=O)(=O)c1ccc(Cl)c(Cl)c1Cl. The highest BCUT2D eigenvalue weighted by molar-refractivity contribution is 7.92. The predicted octanol–water partition coefficient (Wildman–Crippen LogP) is 1.61. The summed E-state index contributed by atoms with van der Waals surface area (Å²) in [4.78, 5) is 11.2. The summed E-state index contributed by atoms with van der Waals surface area (Å²) in [6.45, 7) is 1.11. The maximum absolute atomic E-state index is 12.6. The fourth-order valence-corrected chi connectivity index (χ4v) is 4.42. The number of hydrogen-bond acceptors (Lipinski definition) is 5. The molecule has 1 heterocycles. The number of sulfone groups is 1. The van der Waals surface area contributed by atoms with Crippen LogP contribution in [-0.2, 0) is 19.4 Å². The molecular weight excluding hydrogens is 375 g/mol. The predicted molar refractivity (Wildman–Crippen MR) is 84.0 cm³/mol. The minimum absolute atomic E-state index is 0.0992. The molecule has 2 rings (SSSR count). The van der Waals surface area contributed by atoms with Crippen LogP contribution in [-0.4, -0.2) is 39.0 Å². The summed E-state index contributed by atoms with van der Waals surface area (Å²) in [5.74, 6) is -1.12. The van der Waals surface area contributed by atoms with Gasteiger partial charge in [0.2, 0.25) is 15.3 Å². The molecule has 10 heteroatoms. The number of carbonyl (C=O) groups is 1. The van der Waals surface area contributed by atoms with E-state index in [0.29, 0.717) is 19.5 Å². The number of amides is 1. The standard InChI is InChI=1S/C12H13Cl3N2O4S/c13-7-1-2-8(10(15)9(7)14)22(19,20)12(11(16)18)21-6-3-4-17-5-6/h1-2,6,12,17H,3-5H2,(H2,16,18). The third kappa shape index (κ3) is 3.50. The lowest BCUT2D eigenvalue weighted by Crippen LogP contribution is -2.41. The van der Waals surface area contributed by atoms with Gasteiger partial charge in [-0.2, -0.15) is 0 Å². The van der Waals surface area contributed by atoms with E-state index < -0.39 is 27.3 Å². The fraction of sp³-hybridized carbons (Fsp3) is 0.417. The second-order valence-electron chi connectivity index (χ2n) is 4.70. The molecule has 1 saturated heterocycles. The summed E-state index contributed by atoms with van der Waals surface area (Å²) in [5, 5.41) is 2.71. The summed E-state index contributed by atoms with van der Waals surface area (Å²) < 4.78 is 30.6. The number of rotatable bonds is 5. The van der Waals surface area contributed by atoms with E-state index in [1.165, 1.54) is 6.07 Å². The fourth-order valence-electron chi connectivity index (χ4n) is 2.06. The molecule has 0 bridgehead atoms. The Morgan fingerprint density at radius 2 is 2.00 bits per heavy atom. The molecule has 0 aromatic heterocycles. The van der Waals surface area contributed by atoms with Crippen LogP contribution in [0.25, 0.3) is 0 Å². The Balaban J connectivity index is 2.41. The van der Waals surface area contributed by atoms with Gasteiger partial charge in [-0.25, -0.2) is 8.42 Å². The third-order valence-corrected chi connectivity index (χ3v) is 6.42. The van der Waals surface area contributed by atoms with Gasteiger partial charge in [-0.1, -0.05) is 34.8 Å². The van der Waals surface area contributed by atoms with Crippen LogP contribution in [0.2, 0.25) is 15.1 Å². The van der Waals surface area contributed by atoms with Crippen LogP contribution in [0.1, 0.15) is 6.42 Å². The van der Waals surface area contributed by atoms with Gasteiger partial charge in [0.1, 0.15) is 0 Å². The molecule has 3 N–H and O–H groups in total. The van der Waals surface area contributed by atoms with E-state index in [0.717, 1.165) is 6.07 Å². The van der Waals surface area contributed by atoms with Gasteiger partial charge >= 0.3 is 0 Å². The van der Waals surface area contributed by atoms with Crippen molar-refractivity contribution in [3.8, 4) is 0 Å². The van der Waals surface area contributed by atoms with Crippen molar-refractivity contribution in [2.45, 2.75) is 22.9 Å². The number of ether oxygens (including phenoxy) is 1. The molecular formula is C12H13Cl3N2O4S. The van der Waals surface area contributed by atoms with Crippen molar-refractivity contribution in [1.29, 1.82) is 0 Å². The number of benzene rings is 1. The number of carbonyl (C=O) groups excluding carboxylic acids is 1. The lowest BCUT2D eigenvalue weighted by molar-refractivity contribution is -0.126. The van der Waals surface area contributed by atoms with E-state index in [1.807, 2.05) is 0 Å². The normalized spacial score (nSPS) is 20.0. The maximum Gasteiger partial charge on any atom is 0.262 e. The zero-order chi connectivity index (χ0) is 16.5. The molecule has 22 heavy (non-hydrogen) atoms. The van der Waals surface area contributed by atoms with Crippen LogP contribution < -0.4 is 11.1 Å². The summed E-state index contributed by atoms with van der Waals surface area (Å²) in [7, 11) is -4.26. The highest BCUT2D eigenvalue weighted by Gasteiger charge is 2.38. The Morgan fingerprint density at radius 3 is 2.55 bits per heavy atom. The van der Waals surface area contributed by atoms with Gasteiger partial charge < -0.3 is 15.8 Å². The first-order chi connectivity index (χ1) is 10.2. The van der Waals surface area contributed by atoms with Crippen molar-refractivity contribution in [2.24, 2.45) is 5.73 Å². The average Bonchev–Trinajstić information content (AvgIpc) is 2.94. The van der Waals surface area contributed by atoms with Crippen molar-refractivity contribution in [3.05, 3.63) is 27.2 Å². The van der Waals surface area contributed by atoms with Crippen LogP contribution >= 0.6 is 34.8 Å². The average molecular weight is 388 g/mol. The lowest BCUT2D eigenvalue weighted by atomic mass is 10.3. The molecule has 2 unspecified atom stereocenters. The monoisotopic (exact) mass is 386 g/mol. The first-order valence-electron chi connectivity index (χ1n) is 6.28. The molecule has 2 atom stereocenters. The summed E-state index contributed by atoms with van der Waals surface area (Å²) in [6.07, 6.45) is 0.155. The van der Waals surface area contributed by atoms with E-state index in [2.05, 4.69) is 5.32 Å². The van der Waals surface area contributed by atoms with Gasteiger partial charge in [0, 0.05) is 6.54 Å². The zero-order valence-corrected chi connectivity index (χ0v) is 14.3. The summed E-state index contributed by atoms with van der Waals surface area (Å²) in [5.41, 5.74) is 3.35. The van der Waals surface area contributed by atoms with E-state index in [-0.39, 0.29) is 20.0 Å². The Labute approximate surface area is 142 Å². The number of primary amides is 1. The Bertz CT molecular complexity index is 690. The molecule has 0 aliphatic carbocycles. The molecule has 1 aromatic carbocycles. The van der Waals surface area contributed by atoms with Crippen LogP contribution in [0, 0.1) is 0 Å². The first kappa shape index (κ1) is 17.8. The molecule has 1 aromatic rings. The highest BCUT2D eigenvalue weighted by Crippen LogP contribution is 2.36. The van der Waals surface area contributed by atoms with Crippen LogP contribution in [0.5, 0.6) is 0 Å². The van der Waals surface area contributed by atoms with Crippen molar-refractivity contribution in [1.82, 2.24) is 5.32 Å². The van der Waals surface area contributed by atoms with Gasteiger partial charge in [-0.15, -0.1) is 0 Å². The minimum Gasteiger partial charge on any atom is -0.366 e. The van der Waals surface area contributed by atoms with Crippen molar-refractivity contribution in [2.75, 3.05) is 13.1 Å². The summed E-state index contributed by atoms with van der Waals surface area (Å²) in [6, 6.07) is 2.44. The Morgan fingerprint density at radius 1 is 1.32 bits per heavy atom. The Hall–Kier alpha value is -0.570. The number of hydrogen-bond donors (Lipinski definition) is 2. The smallest absolute Gasteiger partial charge is 0.262 e. The molecule has 0 spiro atoms. The molecule has 1 aliphatic heterocycles. The summed E-state index contributed by atoms with van der Waals surface area (Å²) >= 11 is 17.6. The maximum atomic E-state index is 12.6. The van der Waals surface area contributed by atoms with E-state index in [1.54, 1.807) is 0 Å². The molecule has 6 nitrogen and oxygen atoms in total. The van der Waals surface area contributed by atoms with Gasteiger partial charge in [0.05, 0.1) is 26.1 Å². The van der Waals surface area contributed by atoms with E-state index in [4.69, 9.17) is 45.3 Å². The van der Waals surface area contributed by atoms with Crippen LogP contribution in [0.4, 0.5) is 0 Å². The number of nitrogens with two attached hydrogens (primary N) is 1. The third-order valence-electron chi connectivity index (χ3n) is 3.15. The van der Waals surface area contributed by atoms with E-state index in [9.17, 15) is 13.2 Å². The minimum atomic E-state index is -4.26. The molecule has 1 aliphatic rings. The number of halogens is 3. The second-order valence-corrected chi connectivity index (χ2v) is 7.82. The molecule has 122 valence electrons.